The lowest BCUT2D eigenvalue weighted by atomic mass is 9.82. The van der Waals surface area contributed by atoms with E-state index in [0.29, 0.717) is 6.61 Å². The largest absolute Gasteiger partial charge is 0.376 e. The van der Waals surface area contributed by atoms with E-state index in [0.717, 1.165) is 0 Å². The van der Waals surface area contributed by atoms with Crippen LogP contribution in [0.4, 0.5) is 0 Å². The molecule has 5 heteroatoms. The van der Waals surface area contributed by atoms with Gasteiger partial charge in [0, 0.05) is 16.6 Å². The molecule has 0 aromatic heterocycles. The minimum atomic E-state index is -3.48. The summed E-state index contributed by atoms with van der Waals surface area (Å²) in [4.78, 5) is 0. The zero-order valence-electron chi connectivity index (χ0n) is 11.0. The summed E-state index contributed by atoms with van der Waals surface area (Å²) in [5, 5.41) is 0. The van der Waals surface area contributed by atoms with Crippen molar-refractivity contribution in [2.45, 2.75) is 47.1 Å². The van der Waals surface area contributed by atoms with Gasteiger partial charge in [0.1, 0.15) is 0 Å². The van der Waals surface area contributed by atoms with Gasteiger partial charge in [0.15, 0.2) is 0 Å². The maximum Gasteiger partial charge on any atom is 0.232 e. The fourth-order valence-corrected chi connectivity index (χ4v) is 2.67. The summed E-state index contributed by atoms with van der Waals surface area (Å²) >= 11 is 0. The third-order valence-corrected chi connectivity index (χ3v) is 3.52. The van der Waals surface area contributed by atoms with Gasteiger partial charge in [-0.1, -0.05) is 20.8 Å². The van der Waals surface area contributed by atoms with E-state index in [1.54, 1.807) is 0 Å². The monoisotopic (exact) mass is 270 g/mol. The van der Waals surface area contributed by atoms with Crippen LogP contribution in [0.15, 0.2) is 0 Å². The van der Waals surface area contributed by atoms with Gasteiger partial charge in [0.2, 0.25) is 9.05 Å². The van der Waals surface area contributed by atoms with Gasteiger partial charge >= 0.3 is 0 Å². The first-order valence-corrected chi connectivity index (χ1v) is 7.85. The molecule has 0 aliphatic rings. The fourth-order valence-electron chi connectivity index (χ4n) is 1.14. The van der Waals surface area contributed by atoms with Gasteiger partial charge < -0.3 is 4.74 Å². The summed E-state index contributed by atoms with van der Waals surface area (Å²) in [7, 11) is 1.82. The molecule has 0 fully saturated rings. The topological polar surface area (TPSA) is 43.4 Å². The van der Waals surface area contributed by atoms with E-state index in [1.165, 1.54) is 0 Å². The van der Waals surface area contributed by atoms with E-state index >= 15 is 0 Å². The number of ether oxygens (including phenoxy) is 1. The Morgan fingerprint density at radius 3 is 1.81 bits per heavy atom. The fraction of sp³-hybridized carbons (Fsp3) is 1.00. The van der Waals surface area contributed by atoms with Gasteiger partial charge in [0.05, 0.1) is 18.0 Å². The molecule has 98 valence electrons. The third-order valence-electron chi connectivity index (χ3n) is 2.34. The molecule has 0 amide bonds. The van der Waals surface area contributed by atoms with Gasteiger partial charge in [-0.05, 0) is 26.2 Å². The Balaban J connectivity index is 4.60. The Hall–Kier alpha value is 0.200. The quantitative estimate of drug-likeness (QED) is 0.738. The average Bonchev–Trinajstić information content (AvgIpc) is 1.91. The maximum absolute atomic E-state index is 11.1. The molecule has 0 rings (SSSR count). The van der Waals surface area contributed by atoms with Crippen molar-refractivity contribution in [3.05, 3.63) is 0 Å². The molecule has 16 heavy (non-hydrogen) atoms. The molecule has 0 aliphatic carbocycles. The average molecular weight is 271 g/mol. The van der Waals surface area contributed by atoms with E-state index in [4.69, 9.17) is 15.4 Å². The van der Waals surface area contributed by atoms with Crippen LogP contribution in [0, 0.1) is 11.3 Å². The van der Waals surface area contributed by atoms with Crippen LogP contribution in [-0.4, -0.2) is 26.4 Å². The van der Waals surface area contributed by atoms with Crippen molar-refractivity contribution in [3.8, 4) is 0 Å². The summed E-state index contributed by atoms with van der Waals surface area (Å²) in [6.45, 7) is 12.2. The normalized spacial score (nSPS) is 16.2. The number of rotatable bonds is 4. The van der Waals surface area contributed by atoms with Crippen LogP contribution in [0.5, 0.6) is 0 Å². The summed E-state index contributed by atoms with van der Waals surface area (Å²) in [5.41, 5.74) is -0.410. The second-order valence-corrected chi connectivity index (χ2v) is 9.01. The Bertz CT molecular complexity index is 309. The van der Waals surface area contributed by atoms with Gasteiger partial charge in [0.25, 0.3) is 0 Å². The van der Waals surface area contributed by atoms with Crippen LogP contribution in [0.2, 0.25) is 0 Å². The molecular formula is C11H23ClO3S. The van der Waals surface area contributed by atoms with E-state index < -0.39 is 9.05 Å². The van der Waals surface area contributed by atoms with Gasteiger partial charge in [-0.2, -0.15) is 0 Å². The first kappa shape index (κ1) is 16.2. The second kappa shape index (κ2) is 5.23. The Morgan fingerprint density at radius 1 is 1.12 bits per heavy atom. The highest BCUT2D eigenvalue weighted by molar-refractivity contribution is 8.13. The molecule has 0 aliphatic heterocycles. The van der Waals surface area contributed by atoms with E-state index in [2.05, 4.69) is 0 Å². The summed E-state index contributed by atoms with van der Waals surface area (Å²) in [6, 6.07) is 0. The Labute approximate surface area is 104 Å². The number of hydrogen-bond donors (Lipinski definition) is 0. The molecule has 0 radical (unpaired) electrons. The Morgan fingerprint density at radius 2 is 1.56 bits per heavy atom. The van der Waals surface area contributed by atoms with Crippen molar-refractivity contribution in [1.29, 1.82) is 0 Å². The predicted molar refractivity (Wildman–Crippen MR) is 68.3 cm³/mol. The lowest BCUT2D eigenvalue weighted by Crippen LogP contribution is -2.34. The number of halogens is 1. The van der Waals surface area contributed by atoms with Crippen LogP contribution >= 0.6 is 10.7 Å². The van der Waals surface area contributed by atoms with E-state index in [-0.39, 0.29) is 22.7 Å². The van der Waals surface area contributed by atoms with Gasteiger partial charge in [-0.25, -0.2) is 8.42 Å². The van der Waals surface area contributed by atoms with E-state index in [1.807, 2.05) is 41.5 Å². The molecule has 0 bridgehead atoms. The molecule has 1 atom stereocenters. The lowest BCUT2D eigenvalue weighted by Gasteiger charge is -2.32. The standard InChI is InChI=1S/C11H23ClO3S/c1-10(2,3)9(8-16(12,13)14)7-15-11(4,5)6/h9H,7-8H2,1-6H3. The third kappa shape index (κ3) is 8.36. The highest BCUT2D eigenvalue weighted by Gasteiger charge is 2.30. The van der Waals surface area contributed by atoms with Crippen LogP contribution in [0.3, 0.4) is 0 Å². The van der Waals surface area contributed by atoms with Gasteiger partial charge in [-0.3, -0.25) is 0 Å². The molecule has 0 saturated heterocycles. The smallest absolute Gasteiger partial charge is 0.232 e. The SMILES string of the molecule is CC(C)(C)OCC(CS(=O)(=O)Cl)C(C)(C)C. The molecule has 0 saturated carbocycles. The summed E-state index contributed by atoms with van der Waals surface area (Å²) < 4.78 is 27.9. The molecule has 0 aromatic carbocycles. The van der Waals surface area contributed by atoms with Crippen molar-refractivity contribution >= 4 is 19.7 Å². The van der Waals surface area contributed by atoms with Crippen molar-refractivity contribution in [1.82, 2.24) is 0 Å². The first-order chi connectivity index (χ1) is 6.81. The molecule has 0 spiro atoms. The minimum Gasteiger partial charge on any atom is -0.376 e. The molecule has 0 aromatic rings. The van der Waals surface area contributed by atoms with Crippen LogP contribution in [-0.2, 0) is 13.8 Å². The zero-order valence-corrected chi connectivity index (χ0v) is 12.6. The predicted octanol–water partition coefficient (Wildman–Crippen LogP) is 3.03. The van der Waals surface area contributed by atoms with Crippen molar-refractivity contribution < 1.29 is 13.2 Å². The van der Waals surface area contributed by atoms with Crippen LogP contribution in [0.1, 0.15) is 41.5 Å². The maximum atomic E-state index is 11.1. The molecule has 3 nitrogen and oxygen atoms in total. The summed E-state index contributed by atoms with van der Waals surface area (Å²) in [6.07, 6.45) is 0. The lowest BCUT2D eigenvalue weighted by molar-refractivity contribution is -0.0362. The minimum absolute atomic E-state index is 0.0475. The number of hydrogen-bond acceptors (Lipinski definition) is 3. The second-order valence-electron chi connectivity index (χ2n) is 6.19. The van der Waals surface area contributed by atoms with Gasteiger partial charge in [-0.15, -0.1) is 0 Å². The highest BCUT2D eigenvalue weighted by atomic mass is 35.7. The summed E-state index contributed by atoms with van der Waals surface area (Å²) in [5.74, 6) is -0.150. The Kier molecular flexibility index (Phi) is 5.30. The molecule has 1 unspecified atom stereocenters. The first-order valence-electron chi connectivity index (χ1n) is 5.37. The van der Waals surface area contributed by atoms with Crippen LogP contribution in [0.25, 0.3) is 0 Å². The van der Waals surface area contributed by atoms with E-state index in [9.17, 15) is 8.42 Å². The molecule has 0 N–H and O–H groups in total. The van der Waals surface area contributed by atoms with Crippen molar-refractivity contribution in [3.63, 3.8) is 0 Å². The van der Waals surface area contributed by atoms with Crippen molar-refractivity contribution in [2.24, 2.45) is 11.3 Å². The van der Waals surface area contributed by atoms with Crippen molar-refractivity contribution in [2.75, 3.05) is 12.4 Å². The highest BCUT2D eigenvalue weighted by Crippen LogP contribution is 2.29. The molecular weight excluding hydrogens is 248 g/mol. The molecule has 0 heterocycles. The van der Waals surface area contributed by atoms with Crippen LogP contribution < -0.4 is 0 Å². The zero-order chi connectivity index (χ0) is 13.2.